The van der Waals surface area contributed by atoms with Crippen molar-refractivity contribution in [2.24, 2.45) is 5.41 Å². The van der Waals surface area contributed by atoms with Gasteiger partial charge in [0.15, 0.2) is 0 Å². The zero-order chi connectivity index (χ0) is 13.3. The van der Waals surface area contributed by atoms with E-state index in [0.717, 1.165) is 12.8 Å². The van der Waals surface area contributed by atoms with Crippen molar-refractivity contribution in [3.05, 3.63) is 28.2 Å². The summed E-state index contributed by atoms with van der Waals surface area (Å²) in [6, 6.07) is 5.12. The number of benzene rings is 1. The lowest BCUT2D eigenvalue weighted by Gasteiger charge is -2.46. The summed E-state index contributed by atoms with van der Waals surface area (Å²) < 4.78 is 5.89. The molecule has 1 atom stereocenters. The number of rotatable bonds is 4. The quantitative estimate of drug-likeness (QED) is 0.813. The van der Waals surface area contributed by atoms with Crippen LogP contribution in [0.2, 0.25) is 10.0 Å². The highest BCUT2D eigenvalue weighted by Gasteiger charge is 2.54. The molecule has 4 heteroatoms. The van der Waals surface area contributed by atoms with E-state index >= 15 is 0 Å². The number of hydrogen-bond acceptors (Lipinski definition) is 2. The minimum atomic E-state index is -0.342. The SMILES string of the molecule is CCC1(CC)C(=O)CC1Oc1cc(Cl)ccc1Cl. The molecule has 0 N–H and O–H groups in total. The Morgan fingerprint density at radius 3 is 2.56 bits per heavy atom. The maximum absolute atomic E-state index is 11.8. The molecule has 1 fully saturated rings. The summed E-state index contributed by atoms with van der Waals surface area (Å²) in [5.74, 6) is 0.851. The van der Waals surface area contributed by atoms with Gasteiger partial charge in [-0.2, -0.15) is 0 Å². The van der Waals surface area contributed by atoms with Crippen molar-refractivity contribution < 1.29 is 9.53 Å². The number of Topliss-reactive ketones (excluding diaryl/α,β-unsaturated/α-hetero) is 1. The number of halogens is 2. The molecule has 1 aromatic rings. The number of carbonyl (C=O) groups is 1. The van der Waals surface area contributed by atoms with Crippen molar-refractivity contribution in [2.45, 2.75) is 39.2 Å². The second kappa shape index (κ2) is 5.10. The predicted molar refractivity (Wildman–Crippen MR) is 73.5 cm³/mol. The average molecular weight is 287 g/mol. The van der Waals surface area contributed by atoms with Gasteiger partial charge in [0.1, 0.15) is 17.6 Å². The topological polar surface area (TPSA) is 26.3 Å². The van der Waals surface area contributed by atoms with Crippen molar-refractivity contribution in [3.63, 3.8) is 0 Å². The van der Waals surface area contributed by atoms with Gasteiger partial charge in [-0.3, -0.25) is 4.79 Å². The molecule has 0 aliphatic heterocycles. The lowest BCUT2D eigenvalue weighted by molar-refractivity contribution is -0.153. The molecule has 0 amide bonds. The van der Waals surface area contributed by atoms with E-state index in [2.05, 4.69) is 0 Å². The first-order valence-corrected chi connectivity index (χ1v) is 6.94. The molecule has 0 bridgehead atoms. The minimum absolute atomic E-state index is 0.0871. The molecule has 0 spiro atoms. The summed E-state index contributed by atoms with van der Waals surface area (Å²) in [5.41, 5.74) is -0.342. The van der Waals surface area contributed by atoms with Gasteiger partial charge in [0.05, 0.1) is 10.4 Å². The zero-order valence-corrected chi connectivity index (χ0v) is 12.0. The summed E-state index contributed by atoms with van der Waals surface area (Å²) in [7, 11) is 0. The second-order valence-electron chi connectivity index (χ2n) is 4.67. The highest BCUT2D eigenvalue weighted by atomic mass is 35.5. The van der Waals surface area contributed by atoms with Gasteiger partial charge < -0.3 is 4.74 Å². The van der Waals surface area contributed by atoms with Crippen LogP contribution in [-0.2, 0) is 4.79 Å². The molecule has 0 heterocycles. The van der Waals surface area contributed by atoms with Crippen LogP contribution in [0.15, 0.2) is 18.2 Å². The van der Waals surface area contributed by atoms with Gasteiger partial charge in [0.25, 0.3) is 0 Å². The van der Waals surface area contributed by atoms with Gasteiger partial charge in [-0.05, 0) is 25.0 Å². The standard InChI is InChI=1S/C14H16Cl2O2/c1-3-14(4-2)12(17)8-13(14)18-11-7-9(15)5-6-10(11)16/h5-7,13H,3-4,8H2,1-2H3. The summed E-state index contributed by atoms with van der Waals surface area (Å²) >= 11 is 12.0. The fourth-order valence-corrected chi connectivity index (χ4v) is 2.91. The summed E-state index contributed by atoms with van der Waals surface area (Å²) in [5, 5.41) is 1.11. The van der Waals surface area contributed by atoms with Crippen LogP contribution in [0.5, 0.6) is 5.75 Å². The maximum Gasteiger partial charge on any atom is 0.146 e. The van der Waals surface area contributed by atoms with Crippen LogP contribution in [0.3, 0.4) is 0 Å². The van der Waals surface area contributed by atoms with Crippen molar-refractivity contribution in [3.8, 4) is 5.75 Å². The van der Waals surface area contributed by atoms with E-state index in [1.54, 1.807) is 18.2 Å². The fourth-order valence-electron chi connectivity index (χ4n) is 2.59. The monoisotopic (exact) mass is 286 g/mol. The Morgan fingerprint density at radius 2 is 2.00 bits per heavy atom. The largest absolute Gasteiger partial charge is 0.487 e. The number of ether oxygens (including phenoxy) is 1. The maximum atomic E-state index is 11.8. The van der Waals surface area contributed by atoms with Crippen LogP contribution >= 0.6 is 23.2 Å². The molecule has 98 valence electrons. The lowest BCUT2D eigenvalue weighted by Crippen LogP contribution is -2.56. The summed E-state index contributed by atoms with van der Waals surface area (Å²) in [6.45, 7) is 4.05. The predicted octanol–water partition coefficient (Wildman–Crippen LogP) is 4.52. The summed E-state index contributed by atoms with van der Waals surface area (Å²) in [6.07, 6.45) is 1.97. The molecule has 1 aliphatic carbocycles. The highest BCUT2D eigenvalue weighted by Crippen LogP contribution is 2.46. The van der Waals surface area contributed by atoms with Crippen LogP contribution in [0, 0.1) is 5.41 Å². The molecule has 1 aromatic carbocycles. The van der Waals surface area contributed by atoms with Gasteiger partial charge in [-0.15, -0.1) is 0 Å². The van der Waals surface area contributed by atoms with E-state index in [4.69, 9.17) is 27.9 Å². The highest BCUT2D eigenvalue weighted by molar-refractivity contribution is 6.34. The van der Waals surface area contributed by atoms with Crippen molar-refractivity contribution >= 4 is 29.0 Å². The normalized spacial score (nSPS) is 21.6. The molecule has 1 unspecified atom stereocenters. The molecule has 0 saturated heterocycles. The van der Waals surface area contributed by atoms with Gasteiger partial charge >= 0.3 is 0 Å². The fraction of sp³-hybridized carbons (Fsp3) is 0.500. The van der Waals surface area contributed by atoms with Crippen LogP contribution in [0.4, 0.5) is 0 Å². The number of ketones is 1. The molecule has 1 aliphatic rings. The van der Waals surface area contributed by atoms with Crippen molar-refractivity contribution in [1.29, 1.82) is 0 Å². The van der Waals surface area contributed by atoms with Crippen molar-refractivity contribution in [2.75, 3.05) is 0 Å². The van der Waals surface area contributed by atoms with Crippen LogP contribution < -0.4 is 4.74 Å². The molecular formula is C14H16Cl2O2. The molecule has 18 heavy (non-hydrogen) atoms. The first-order valence-electron chi connectivity index (χ1n) is 6.18. The first-order chi connectivity index (χ1) is 8.53. The second-order valence-corrected chi connectivity index (χ2v) is 5.52. The first kappa shape index (κ1) is 13.7. The van der Waals surface area contributed by atoms with Crippen LogP contribution in [-0.4, -0.2) is 11.9 Å². The Bertz CT molecular complexity index is 467. The van der Waals surface area contributed by atoms with E-state index in [-0.39, 0.29) is 17.3 Å². The molecule has 1 saturated carbocycles. The van der Waals surface area contributed by atoms with Crippen molar-refractivity contribution in [1.82, 2.24) is 0 Å². The number of carbonyl (C=O) groups excluding carboxylic acids is 1. The molecule has 0 radical (unpaired) electrons. The molecular weight excluding hydrogens is 271 g/mol. The van der Waals surface area contributed by atoms with Gasteiger partial charge in [-0.25, -0.2) is 0 Å². The van der Waals surface area contributed by atoms with Gasteiger partial charge in [0.2, 0.25) is 0 Å². The Morgan fingerprint density at radius 1 is 1.33 bits per heavy atom. The van der Waals surface area contributed by atoms with Gasteiger partial charge in [0, 0.05) is 17.5 Å². The Balaban J connectivity index is 2.20. The Kier molecular flexibility index (Phi) is 3.88. The van der Waals surface area contributed by atoms with Crippen LogP contribution in [0.1, 0.15) is 33.1 Å². The van der Waals surface area contributed by atoms with E-state index in [1.165, 1.54) is 0 Å². The third-order valence-electron chi connectivity index (χ3n) is 3.97. The zero-order valence-electron chi connectivity index (χ0n) is 10.5. The Labute approximate surface area is 117 Å². The third-order valence-corrected chi connectivity index (χ3v) is 4.51. The molecule has 0 aromatic heterocycles. The van der Waals surface area contributed by atoms with E-state index < -0.39 is 0 Å². The van der Waals surface area contributed by atoms with Gasteiger partial charge in [-0.1, -0.05) is 37.0 Å². The molecule has 2 rings (SSSR count). The Hall–Kier alpha value is -0.730. The molecule has 2 nitrogen and oxygen atoms in total. The lowest BCUT2D eigenvalue weighted by atomic mass is 9.61. The van der Waals surface area contributed by atoms with E-state index in [1.807, 2.05) is 13.8 Å². The van der Waals surface area contributed by atoms with E-state index in [0.29, 0.717) is 22.2 Å². The average Bonchev–Trinajstić information content (AvgIpc) is 2.35. The third kappa shape index (κ3) is 2.12. The smallest absolute Gasteiger partial charge is 0.146 e. The van der Waals surface area contributed by atoms with E-state index in [9.17, 15) is 4.79 Å². The summed E-state index contributed by atoms with van der Waals surface area (Å²) in [4.78, 5) is 11.8. The van der Waals surface area contributed by atoms with Crippen LogP contribution in [0.25, 0.3) is 0 Å². The number of hydrogen-bond donors (Lipinski definition) is 0. The minimum Gasteiger partial charge on any atom is -0.487 e.